The number of carbonyl (C=O) groups is 1. The molecular weight excluding hydrogens is 390 g/mol. The summed E-state index contributed by atoms with van der Waals surface area (Å²) >= 11 is 6.45. The second-order valence-electron chi connectivity index (χ2n) is 6.57. The van der Waals surface area contributed by atoms with Crippen molar-refractivity contribution >= 4 is 23.3 Å². The molecule has 5 nitrogen and oxygen atoms in total. The summed E-state index contributed by atoms with van der Waals surface area (Å²) in [6.07, 6.45) is 0. The largest absolute Gasteiger partial charge is 0.493 e. The van der Waals surface area contributed by atoms with Gasteiger partial charge in [0.2, 0.25) is 0 Å². The molecule has 0 bridgehead atoms. The van der Waals surface area contributed by atoms with E-state index in [4.69, 9.17) is 21.1 Å². The summed E-state index contributed by atoms with van der Waals surface area (Å²) in [7, 11) is 1.57. The summed E-state index contributed by atoms with van der Waals surface area (Å²) in [6.45, 7) is 2.76. The van der Waals surface area contributed by atoms with Crippen LogP contribution in [0.15, 0.2) is 60.7 Å². The van der Waals surface area contributed by atoms with Crippen LogP contribution in [0.5, 0.6) is 11.5 Å². The molecule has 0 aromatic heterocycles. The van der Waals surface area contributed by atoms with Gasteiger partial charge in [0.1, 0.15) is 6.61 Å². The molecule has 3 aromatic carbocycles. The molecule has 0 fully saturated rings. The van der Waals surface area contributed by atoms with Gasteiger partial charge in [-0.3, -0.25) is 0 Å². The molecule has 0 saturated carbocycles. The van der Waals surface area contributed by atoms with Crippen LogP contribution >= 0.6 is 11.6 Å². The molecule has 0 aliphatic heterocycles. The van der Waals surface area contributed by atoms with Crippen molar-refractivity contribution in [3.63, 3.8) is 0 Å². The van der Waals surface area contributed by atoms with Crippen molar-refractivity contribution < 1.29 is 19.4 Å². The highest BCUT2D eigenvalue weighted by Crippen LogP contribution is 2.37. The number of aryl methyl sites for hydroxylation is 1. The fourth-order valence-electron chi connectivity index (χ4n) is 2.89. The monoisotopic (exact) mass is 411 g/mol. The molecule has 0 aliphatic carbocycles. The van der Waals surface area contributed by atoms with Crippen LogP contribution in [0.25, 0.3) is 0 Å². The number of ether oxygens (including phenoxy) is 2. The summed E-state index contributed by atoms with van der Waals surface area (Å²) in [5.41, 5.74) is 3.86. The van der Waals surface area contributed by atoms with Gasteiger partial charge in [-0.2, -0.15) is 0 Å². The van der Waals surface area contributed by atoms with E-state index in [0.717, 1.165) is 22.4 Å². The molecule has 150 valence electrons. The Morgan fingerprint density at radius 3 is 2.52 bits per heavy atom. The van der Waals surface area contributed by atoms with Crippen molar-refractivity contribution in [2.24, 2.45) is 0 Å². The Hall–Kier alpha value is -3.18. The van der Waals surface area contributed by atoms with Crippen LogP contribution in [0.4, 0.5) is 5.69 Å². The van der Waals surface area contributed by atoms with Crippen molar-refractivity contribution in [1.29, 1.82) is 0 Å². The summed E-state index contributed by atoms with van der Waals surface area (Å²) in [5, 5.41) is 12.9. The third-order valence-corrected chi connectivity index (χ3v) is 4.76. The Kier molecular flexibility index (Phi) is 6.62. The predicted molar refractivity (Wildman–Crippen MR) is 114 cm³/mol. The molecule has 3 rings (SSSR count). The van der Waals surface area contributed by atoms with E-state index in [1.165, 1.54) is 0 Å². The number of carboxylic acid groups (broad SMARTS) is 1. The summed E-state index contributed by atoms with van der Waals surface area (Å²) < 4.78 is 11.3. The highest BCUT2D eigenvalue weighted by molar-refractivity contribution is 6.32. The Morgan fingerprint density at radius 1 is 1.07 bits per heavy atom. The second-order valence-corrected chi connectivity index (χ2v) is 6.98. The van der Waals surface area contributed by atoms with Crippen LogP contribution in [-0.2, 0) is 13.2 Å². The molecule has 6 heteroatoms. The summed E-state index contributed by atoms with van der Waals surface area (Å²) in [5.74, 6) is 0.0738. The van der Waals surface area contributed by atoms with Gasteiger partial charge in [-0.25, -0.2) is 4.79 Å². The number of aromatic carboxylic acids is 1. The fraction of sp³-hybridized carbons (Fsp3) is 0.174. The normalized spacial score (nSPS) is 10.4. The Labute approximate surface area is 174 Å². The van der Waals surface area contributed by atoms with E-state index in [-0.39, 0.29) is 5.56 Å². The molecule has 0 amide bonds. The molecule has 29 heavy (non-hydrogen) atoms. The summed E-state index contributed by atoms with van der Waals surface area (Å²) in [6, 6.07) is 18.5. The lowest BCUT2D eigenvalue weighted by atomic mass is 10.1. The van der Waals surface area contributed by atoms with Gasteiger partial charge in [-0.05, 0) is 47.9 Å². The molecule has 0 aliphatic rings. The molecule has 0 saturated heterocycles. The van der Waals surface area contributed by atoms with Gasteiger partial charge in [0.15, 0.2) is 11.5 Å². The number of benzene rings is 3. The minimum atomic E-state index is -0.960. The first-order chi connectivity index (χ1) is 14.0. The number of anilines is 1. The van der Waals surface area contributed by atoms with Gasteiger partial charge in [0.05, 0.1) is 17.7 Å². The highest BCUT2D eigenvalue weighted by atomic mass is 35.5. The topological polar surface area (TPSA) is 67.8 Å². The maximum absolute atomic E-state index is 11.2. The van der Waals surface area contributed by atoms with E-state index >= 15 is 0 Å². The maximum Gasteiger partial charge on any atom is 0.335 e. The number of hydrogen-bond acceptors (Lipinski definition) is 4. The second kappa shape index (κ2) is 9.34. The van der Waals surface area contributed by atoms with E-state index < -0.39 is 5.97 Å². The van der Waals surface area contributed by atoms with Gasteiger partial charge in [-0.1, -0.05) is 48.0 Å². The smallest absolute Gasteiger partial charge is 0.335 e. The molecule has 0 unspecified atom stereocenters. The average molecular weight is 412 g/mol. The number of halogens is 1. The van der Waals surface area contributed by atoms with Gasteiger partial charge in [0.25, 0.3) is 0 Å². The third-order valence-electron chi connectivity index (χ3n) is 4.48. The number of nitrogens with one attached hydrogen (secondary N) is 1. The molecule has 3 aromatic rings. The van der Waals surface area contributed by atoms with Crippen LogP contribution in [0, 0.1) is 6.92 Å². The minimum Gasteiger partial charge on any atom is -0.493 e. The lowest BCUT2D eigenvalue weighted by molar-refractivity contribution is 0.0697. The van der Waals surface area contributed by atoms with Gasteiger partial charge >= 0.3 is 5.97 Å². The van der Waals surface area contributed by atoms with Crippen LogP contribution in [-0.4, -0.2) is 18.2 Å². The zero-order valence-electron chi connectivity index (χ0n) is 16.2. The molecule has 0 radical (unpaired) electrons. The zero-order valence-corrected chi connectivity index (χ0v) is 17.0. The van der Waals surface area contributed by atoms with Crippen molar-refractivity contribution in [3.05, 3.63) is 87.9 Å². The number of methoxy groups -OCH3 is 1. The van der Waals surface area contributed by atoms with E-state index in [0.29, 0.717) is 29.7 Å². The molecule has 0 heterocycles. The average Bonchev–Trinajstić information content (AvgIpc) is 2.72. The first kappa shape index (κ1) is 20.6. The number of hydrogen-bond donors (Lipinski definition) is 2. The van der Waals surface area contributed by atoms with Gasteiger partial charge in [-0.15, -0.1) is 0 Å². The van der Waals surface area contributed by atoms with E-state index in [2.05, 4.69) is 5.32 Å². The highest BCUT2D eigenvalue weighted by Gasteiger charge is 2.13. The van der Waals surface area contributed by atoms with Crippen molar-refractivity contribution in [3.8, 4) is 11.5 Å². The standard InChI is InChI=1S/C23H22ClNO4/c1-15-8-9-18(23(26)27)12-20(15)25-13-17-10-19(24)22(21(11-17)28-2)29-14-16-6-4-3-5-7-16/h3-12,25H,13-14H2,1-2H3,(H,26,27). The first-order valence-corrected chi connectivity index (χ1v) is 9.46. The fourth-order valence-corrected chi connectivity index (χ4v) is 3.18. The molecule has 0 atom stereocenters. The zero-order chi connectivity index (χ0) is 20.8. The van der Waals surface area contributed by atoms with Crippen molar-refractivity contribution in [2.75, 3.05) is 12.4 Å². The van der Waals surface area contributed by atoms with Crippen molar-refractivity contribution in [2.45, 2.75) is 20.1 Å². The SMILES string of the molecule is COc1cc(CNc2cc(C(=O)O)ccc2C)cc(Cl)c1OCc1ccccc1. The Morgan fingerprint density at radius 2 is 1.83 bits per heavy atom. The van der Waals surface area contributed by atoms with Crippen LogP contribution in [0.3, 0.4) is 0 Å². The number of rotatable bonds is 8. The van der Waals surface area contributed by atoms with Gasteiger partial charge < -0.3 is 19.9 Å². The predicted octanol–water partition coefficient (Wildman–Crippen LogP) is 5.55. The quantitative estimate of drug-likeness (QED) is 0.509. The molecular formula is C23H22ClNO4. The lowest BCUT2D eigenvalue weighted by Gasteiger charge is -2.16. The Bertz CT molecular complexity index is 1010. The minimum absolute atomic E-state index is 0.235. The third kappa shape index (κ3) is 5.21. The van der Waals surface area contributed by atoms with Crippen LogP contribution in [0.2, 0.25) is 5.02 Å². The lowest BCUT2D eigenvalue weighted by Crippen LogP contribution is -2.05. The number of carboxylic acids is 1. The van der Waals surface area contributed by atoms with Gasteiger partial charge in [0, 0.05) is 12.2 Å². The maximum atomic E-state index is 11.2. The van der Waals surface area contributed by atoms with Crippen LogP contribution < -0.4 is 14.8 Å². The Balaban J connectivity index is 1.75. The summed E-state index contributed by atoms with van der Waals surface area (Å²) in [4.78, 5) is 11.2. The van der Waals surface area contributed by atoms with Crippen LogP contribution in [0.1, 0.15) is 27.0 Å². The molecule has 0 spiro atoms. The molecule has 2 N–H and O–H groups in total. The van der Waals surface area contributed by atoms with E-state index in [1.54, 1.807) is 25.3 Å². The van der Waals surface area contributed by atoms with Crippen molar-refractivity contribution in [1.82, 2.24) is 0 Å². The van der Waals surface area contributed by atoms with E-state index in [9.17, 15) is 9.90 Å². The van der Waals surface area contributed by atoms with E-state index in [1.807, 2.05) is 49.4 Å². The first-order valence-electron chi connectivity index (χ1n) is 9.09.